The second-order valence-electron chi connectivity index (χ2n) is 9.56. The summed E-state index contributed by atoms with van der Waals surface area (Å²) in [6, 6.07) is 26.3. The molecule has 0 saturated heterocycles. The Morgan fingerprint density at radius 1 is 0.818 bits per heavy atom. The lowest BCUT2D eigenvalue weighted by atomic mass is 9.87. The van der Waals surface area contributed by atoms with Gasteiger partial charge in [0.1, 0.15) is 12.8 Å². The fourth-order valence-corrected chi connectivity index (χ4v) is 5.35. The smallest absolute Gasteiger partial charge is 0.257 e. The van der Waals surface area contributed by atoms with Gasteiger partial charge in [-0.1, -0.05) is 68.4 Å². The molecule has 5 aromatic rings. The van der Waals surface area contributed by atoms with Gasteiger partial charge >= 0.3 is 0 Å². The largest absolute Gasteiger partial charge is 0.449 e. The van der Waals surface area contributed by atoms with Gasteiger partial charge in [0.15, 0.2) is 0 Å². The van der Waals surface area contributed by atoms with Crippen molar-refractivity contribution in [1.82, 2.24) is 0 Å². The maximum atomic E-state index is 6.78. The predicted molar refractivity (Wildman–Crippen MR) is 137 cm³/mol. The van der Waals surface area contributed by atoms with Gasteiger partial charge in [-0.15, -0.1) is 0 Å². The van der Waals surface area contributed by atoms with Crippen LogP contribution in [0.2, 0.25) is 0 Å². The van der Waals surface area contributed by atoms with Crippen molar-refractivity contribution in [3.63, 3.8) is 0 Å². The third-order valence-electron chi connectivity index (χ3n) is 7.27. The Hall–Kier alpha value is -3.65. The molecule has 1 aliphatic heterocycles. The van der Waals surface area contributed by atoms with Crippen LogP contribution < -0.4 is 9.30 Å². The number of para-hydroxylation sites is 1. The molecule has 0 bridgehead atoms. The molecule has 1 aromatic heterocycles. The van der Waals surface area contributed by atoms with Gasteiger partial charge in [0, 0.05) is 17.0 Å². The van der Waals surface area contributed by atoms with Gasteiger partial charge in [0.2, 0.25) is 11.3 Å². The Morgan fingerprint density at radius 2 is 1.58 bits per heavy atom. The number of hydrogen-bond acceptors (Lipinski definition) is 1. The van der Waals surface area contributed by atoms with Gasteiger partial charge in [-0.05, 0) is 59.5 Å². The average molecular weight is 431 g/mol. The van der Waals surface area contributed by atoms with Gasteiger partial charge in [-0.2, -0.15) is 4.57 Å². The van der Waals surface area contributed by atoms with E-state index in [4.69, 9.17) is 4.74 Å². The summed E-state index contributed by atoms with van der Waals surface area (Å²) in [4.78, 5) is 0. The number of rotatable bonds is 2. The van der Waals surface area contributed by atoms with E-state index in [9.17, 15) is 0 Å². The molecule has 0 radical (unpaired) electrons. The fourth-order valence-electron chi connectivity index (χ4n) is 5.35. The molecule has 2 heterocycles. The van der Waals surface area contributed by atoms with E-state index < -0.39 is 0 Å². The highest BCUT2D eigenvalue weighted by molar-refractivity contribution is 6.08. The molecule has 6 rings (SSSR count). The van der Waals surface area contributed by atoms with Crippen molar-refractivity contribution in [3.05, 3.63) is 89.5 Å². The maximum absolute atomic E-state index is 6.78. The predicted octanol–water partition coefficient (Wildman–Crippen LogP) is 8.00. The van der Waals surface area contributed by atoms with Crippen molar-refractivity contribution in [3.8, 4) is 33.9 Å². The average Bonchev–Trinajstić information content (AvgIpc) is 2.82. The number of ether oxygens (including phenoxy) is 1. The van der Waals surface area contributed by atoms with Crippen LogP contribution in [0.1, 0.15) is 36.5 Å². The number of aryl methyl sites for hydroxylation is 2. The minimum Gasteiger partial charge on any atom is -0.449 e. The standard InChI is InChI=1S/C31H28NO/c1-18(2)21-13-15-22(16-14-21)28-24-10-6-7-11-25(24)32(5)30-27-20(4)19(3)17-23-9-8-12-26(29(23)27)33-31(28)30/h6-18H,1-5H3/q+1. The van der Waals surface area contributed by atoms with Crippen LogP contribution in [0.5, 0.6) is 11.5 Å². The van der Waals surface area contributed by atoms with Crippen molar-refractivity contribution in [2.24, 2.45) is 7.05 Å². The summed E-state index contributed by atoms with van der Waals surface area (Å²) >= 11 is 0. The topological polar surface area (TPSA) is 13.1 Å². The lowest BCUT2D eigenvalue weighted by Gasteiger charge is -2.25. The van der Waals surface area contributed by atoms with E-state index in [1.165, 1.54) is 49.5 Å². The summed E-state index contributed by atoms with van der Waals surface area (Å²) in [5.74, 6) is 2.39. The van der Waals surface area contributed by atoms with E-state index in [1.807, 2.05) is 0 Å². The maximum Gasteiger partial charge on any atom is 0.257 e. The third-order valence-corrected chi connectivity index (χ3v) is 7.27. The van der Waals surface area contributed by atoms with Crippen molar-refractivity contribution in [2.45, 2.75) is 33.6 Å². The molecular formula is C31H28NO+. The van der Waals surface area contributed by atoms with Crippen LogP contribution in [0.4, 0.5) is 0 Å². The molecule has 162 valence electrons. The normalized spacial score (nSPS) is 12.3. The van der Waals surface area contributed by atoms with Gasteiger partial charge in [0.25, 0.3) is 5.69 Å². The molecular weight excluding hydrogens is 402 g/mol. The zero-order valence-corrected chi connectivity index (χ0v) is 19.9. The first-order valence-corrected chi connectivity index (χ1v) is 11.7. The minimum atomic E-state index is 0.504. The van der Waals surface area contributed by atoms with E-state index >= 15 is 0 Å². The molecule has 0 aliphatic carbocycles. The summed E-state index contributed by atoms with van der Waals surface area (Å²) in [5.41, 5.74) is 9.96. The number of pyridine rings is 1. The molecule has 1 aliphatic rings. The molecule has 2 heteroatoms. The summed E-state index contributed by atoms with van der Waals surface area (Å²) in [7, 11) is 2.16. The number of nitrogens with zero attached hydrogens (tertiary/aromatic N) is 1. The fraction of sp³-hybridized carbons (Fsp3) is 0.194. The summed E-state index contributed by atoms with van der Waals surface area (Å²) in [6.45, 7) is 8.92. The van der Waals surface area contributed by atoms with Crippen LogP contribution >= 0.6 is 0 Å². The van der Waals surface area contributed by atoms with E-state index in [-0.39, 0.29) is 0 Å². The van der Waals surface area contributed by atoms with Gasteiger partial charge in [-0.3, -0.25) is 0 Å². The van der Waals surface area contributed by atoms with Crippen LogP contribution in [0.25, 0.3) is 44.1 Å². The van der Waals surface area contributed by atoms with Gasteiger partial charge in [-0.25, -0.2) is 0 Å². The van der Waals surface area contributed by atoms with Crippen molar-refractivity contribution in [2.75, 3.05) is 0 Å². The van der Waals surface area contributed by atoms with Gasteiger partial charge < -0.3 is 4.74 Å². The number of benzene rings is 4. The second-order valence-corrected chi connectivity index (χ2v) is 9.56. The Labute approximate surface area is 195 Å². The summed E-state index contributed by atoms with van der Waals surface area (Å²) in [5, 5.41) is 3.64. The zero-order valence-electron chi connectivity index (χ0n) is 19.9. The van der Waals surface area contributed by atoms with Crippen molar-refractivity contribution >= 4 is 21.7 Å². The van der Waals surface area contributed by atoms with Crippen LogP contribution in [-0.2, 0) is 7.05 Å². The van der Waals surface area contributed by atoms with Crippen LogP contribution in [0.15, 0.2) is 72.8 Å². The molecule has 0 N–H and O–H groups in total. The molecule has 0 amide bonds. The Bertz CT molecular complexity index is 1580. The van der Waals surface area contributed by atoms with Crippen LogP contribution in [0.3, 0.4) is 0 Å². The highest BCUT2D eigenvalue weighted by Crippen LogP contribution is 2.52. The number of fused-ring (bicyclic) bond motifs is 3. The second kappa shape index (κ2) is 7.18. The first-order valence-electron chi connectivity index (χ1n) is 11.7. The Morgan fingerprint density at radius 3 is 2.33 bits per heavy atom. The zero-order chi connectivity index (χ0) is 22.9. The summed E-state index contributed by atoms with van der Waals surface area (Å²) in [6.07, 6.45) is 0. The van der Waals surface area contributed by atoms with Crippen LogP contribution in [0, 0.1) is 13.8 Å². The summed E-state index contributed by atoms with van der Waals surface area (Å²) < 4.78 is 9.09. The monoisotopic (exact) mass is 430 g/mol. The molecule has 0 fully saturated rings. The molecule has 4 aromatic carbocycles. The minimum absolute atomic E-state index is 0.504. The van der Waals surface area contributed by atoms with Gasteiger partial charge in [0.05, 0.1) is 10.9 Å². The van der Waals surface area contributed by atoms with E-state index in [0.717, 1.165) is 22.8 Å². The highest BCUT2D eigenvalue weighted by Gasteiger charge is 2.34. The molecule has 0 spiro atoms. The Balaban J connectivity index is 1.78. The highest BCUT2D eigenvalue weighted by atomic mass is 16.5. The third kappa shape index (κ3) is 2.83. The SMILES string of the molecule is Cc1cc2cccc3c2c(c1C)-c1c(c(-c2ccc(C(C)C)cc2)c2ccccc2[n+]1C)O3. The first kappa shape index (κ1) is 20.0. The quantitative estimate of drug-likeness (QED) is 0.254. The lowest BCUT2D eigenvalue weighted by molar-refractivity contribution is -0.633. The van der Waals surface area contributed by atoms with Crippen molar-refractivity contribution < 1.29 is 9.30 Å². The first-order chi connectivity index (χ1) is 16.0. The van der Waals surface area contributed by atoms with E-state index in [2.05, 4.69) is 112 Å². The molecule has 33 heavy (non-hydrogen) atoms. The molecule has 0 unspecified atom stereocenters. The Kier molecular flexibility index (Phi) is 4.35. The van der Waals surface area contributed by atoms with Crippen molar-refractivity contribution in [1.29, 1.82) is 0 Å². The lowest BCUT2D eigenvalue weighted by Crippen LogP contribution is -2.34. The van der Waals surface area contributed by atoms with E-state index in [1.54, 1.807) is 0 Å². The molecule has 0 atom stereocenters. The van der Waals surface area contributed by atoms with Crippen LogP contribution in [-0.4, -0.2) is 0 Å². The van der Waals surface area contributed by atoms with E-state index in [0.29, 0.717) is 5.92 Å². The molecule has 2 nitrogen and oxygen atoms in total. The molecule has 0 saturated carbocycles. The number of aromatic nitrogens is 1. The number of hydrogen-bond donors (Lipinski definition) is 0.